The highest BCUT2D eigenvalue weighted by atomic mass is 32.2. The molecule has 2 aromatic rings. The van der Waals surface area contributed by atoms with Crippen LogP contribution < -0.4 is 10.3 Å². The van der Waals surface area contributed by atoms with Crippen molar-refractivity contribution in [2.75, 3.05) is 31.2 Å². The van der Waals surface area contributed by atoms with E-state index in [1.807, 2.05) is 67.6 Å². The summed E-state index contributed by atoms with van der Waals surface area (Å²) >= 11 is 1.27. The number of hydrogen-bond acceptors (Lipinski definition) is 6. The van der Waals surface area contributed by atoms with Gasteiger partial charge in [0.25, 0.3) is 5.91 Å². The Kier molecular flexibility index (Phi) is 6.90. The molecule has 4 rings (SSSR count). The molecule has 0 spiro atoms. The second kappa shape index (κ2) is 10.0. The molecule has 7 nitrogen and oxygen atoms in total. The monoisotopic (exact) mass is 448 g/mol. The number of hydrogen-bond donors (Lipinski definition) is 1. The molecule has 1 N–H and O–H groups in total. The summed E-state index contributed by atoms with van der Waals surface area (Å²) in [4.78, 5) is 27.9. The third-order valence-corrected chi connectivity index (χ3v) is 6.60. The molecule has 0 bridgehead atoms. The van der Waals surface area contributed by atoms with Crippen LogP contribution in [0.4, 0.5) is 5.69 Å². The van der Waals surface area contributed by atoms with Gasteiger partial charge in [0.15, 0.2) is 0 Å². The number of para-hydroxylation sites is 1. The Morgan fingerprint density at radius 2 is 1.84 bits per heavy atom. The fourth-order valence-electron chi connectivity index (χ4n) is 3.61. The lowest BCUT2D eigenvalue weighted by molar-refractivity contribution is -0.123. The number of hydrazine groups is 1. The van der Waals surface area contributed by atoms with Crippen LogP contribution in [0.1, 0.15) is 11.1 Å². The lowest BCUT2D eigenvalue weighted by Gasteiger charge is -2.27. The number of rotatable bonds is 5. The quantitative estimate of drug-likeness (QED) is 0.559. The molecule has 2 saturated heterocycles. The molecule has 2 aromatic carbocycles. The van der Waals surface area contributed by atoms with Crippen molar-refractivity contribution in [2.45, 2.75) is 18.6 Å². The first-order valence-corrected chi connectivity index (χ1v) is 11.3. The lowest BCUT2D eigenvalue weighted by atomic mass is 10.1. The van der Waals surface area contributed by atoms with Crippen LogP contribution >= 0.6 is 11.8 Å². The predicted octanol–water partition coefficient (Wildman–Crippen LogP) is 2.78. The minimum absolute atomic E-state index is 0.0647. The molecule has 2 heterocycles. The molecule has 2 aliphatic rings. The Labute approximate surface area is 191 Å². The molecule has 32 heavy (non-hydrogen) atoms. The third kappa shape index (κ3) is 4.86. The standard InChI is InChI=1S/C24H24N4O3S/c1-17-7-9-18(10-8-17)15-21-23(30)28(19-5-3-2-4-6-19)24(32-21)20(16-25)22(29)26-27-11-13-31-14-12-27/h2-10,21H,11-15H2,1H3,(H,26,29). The summed E-state index contributed by atoms with van der Waals surface area (Å²) in [5.41, 5.74) is 5.54. The van der Waals surface area contributed by atoms with Crippen LogP contribution in [-0.4, -0.2) is 48.4 Å². The second-order valence-electron chi connectivity index (χ2n) is 7.64. The summed E-state index contributed by atoms with van der Waals surface area (Å²) in [5.74, 6) is -0.648. The van der Waals surface area contributed by atoms with Gasteiger partial charge in [-0.1, -0.05) is 59.8 Å². The Morgan fingerprint density at radius 3 is 2.50 bits per heavy atom. The van der Waals surface area contributed by atoms with Crippen molar-refractivity contribution < 1.29 is 14.3 Å². The Morgan fingerprint density at radius 1 is 1.16 bits per heavy atom. The summed E-state index contributed by atoms with van der Waals surface area (Å²) in [5, 5.41) is 11.6. The van der Waals surface area contributed by atoms with Gasteiger partial charge in [0, 0.05) is 18.8 Å². The molecule has 0 aliphatic carbocycles. The molecule has 0 radical (unpaired) electrons. The van der Waals surface area contributed by atoms with Crippen LogP contribution in [-0.2, 0) is 20.7 Å². The van der Waals surface area contributed by atoms with E-state index in [0.717, 1.165) is 11.1 Å². The van der Waals surface area contributed by atoms with Crippen molar-refractivity contribution in [1.29, 1.82) is 5.26 Å². The molecule has 1 unspecified atom stereocenters. The minimum Gasteiger partial charge on any atom is -0.379 e. The first-order valence-electron chi connectivity index (χ1n) is 10.5. The number of morpholine rings is 1. The average molecular weight is 449 g/mol. The molecule has 164 valence electrons. The lowest BCUT2D eigenvalue weighted by Crippen LogP contribution is -2.49. The normalized spacial score (nSPS) is 20.7. The molecule has 2 amide bonds. The zero-order valence-corrected chi connectivity index (χ0v) is 18.6. The maximum absolute atomic E-state index is 13.4. The van der Waals surface area contributed by atoms with Gasteiger partial charge in [0.1, 0.15) is 16.7 Å². The number of aryl methyl sites for hydroxylation is 1. The molecule has 2 fully saturated rings. The SMILES string of the molecule is Cc1ccc(CC2SC(=C(C#N)C(=O)NN3CCOCC3)N(c3ccccc3)C2=O)cc1. The summed E-state index contributed by atoms with van der Waals surface area (Å²) in [6.07, 6.45) is 0.514. The fourth-order valence-corrected chi connectivity index (χ4v) is 4.92. The van der Waals surface area contributed by atoms with Crippen LogP contribution in [0.3, 0.4) is 0 Å². The Bertz CT molecular complexity index is 1060. The molecule has 0 aromatic heterocycles. The third-order valence-electron chi connectivity index (χ3n) is 5.33. The van der Waals surface area contributed by atoms with E-state index in [4.69, 9.17) is 4.74 Å². The van der Waals surface area contributed by atoms with Crippen molar-refractivity contribution >= 4 is 29.3 Å². The van der Waals surface area contributed by atoms with Gasteiger partial charge in [-0.05, 0) is 31.0 Å². The minimum atomic E-state index is -0.512. The van der Waals surface area contributed by atoms with Crippen molar-refractivity contribution in [1.82, 2.24) is 10.4 Å². The topological polar surface area (TPSA) is 85.7 Å². The first kappa shape index (κ1) is 22.1. The van der Waals surface area contributed by atoms with Gasteiger partial charge >= 0.3 is 0 Å². The molecule has 1 atom stereocenters. The van der Waals surface area contributed by atoms with E-state index in [0.29, 0.717) is 43.4 Å². The maximum Gasteiger partial charge on any atom is 0.278 e. The van der Waals surface area contributed by atoms with E-state index in [2.05, 4.69) is 5.43 Å². The number of nitrogens with zero attached hydrogens (tertiary/aromatic N) is 3. The smallest absolute Gasteiger partial charge is 0.278 e. The zero-order valence-electron chi connectivity index (χ0n) is 17.8. The van der Waals surface area contributed by atoms with E-state index in [9.17, 15) is 14.9 Å². The van der Waals surface area contributed by atoms with E-state index in [1.54, 1.807) is 5.01 Å². The highest BCUT2D eigenvalue weighted by Gasteiger charge is 2.41. The molecule has 8 heteroatoms. The summed E-state index contributed by atoms with van der Waals surface area (Å²) in [6.45, 7) is 4.14. The maximum atomic E-state index is 13.4. The fraction of sp³-hybridized carbons (Fsp3) is 0.292. The summed E-state index contributed by atoms with van der Waals surface area (Å²) < 4.78 is 5.31. The number of ether oxygens (including phenoxy) is 1. The Hall–Kier alpha value is -3.12. The number of amides is 2. The second-order valence-corrected chi connectivity index (χ2v) is 8.83. The van der Waals surface area contributed by atoms with Gasteiger partial charge in [-0.15, -0.1) is 0 Å². The highest BCUT2D eigenvalue weighted by Crippen LogP contribution is 2.41. The van der Waals surface area contributed by atoms with Crippen molar-refractivity contribution in [3.05, 3.63) is 76.3 Å². The summed E-state index contributed by atoms with van der Waals surface area (Å²) in [7, 11) is 0. The van der Waals surface area contributed by atoms with Crippen LogP contribution in [0, 0.1) is 18.3 Å². The molecule has 2 aliphatic heterocycles. The van der Waals surface area contributed by atoms with E-state index < -0.39 is 11.2 Å². The average Bonchev–Trinajstić information content (AvgIpc) is 3.12. The van der Waals surface area contributed by atoms with Gasteiger partial charge in [0.2, 0.25) is 5.91 Å². The van der Waals surface area contributed by atoms with Gasteiger partial charge in [0.05, 0.1) is 18.5 Å². The van der Waals surface area contributed by atoms with Crippen LogP contribution in [0.2, 0.25) is 0 Å². The van der Waals surface area contributed by atoms with Crippen LogP contribution in [0.25, 0.3) is 0 Å². The number of nitrogens with one attached hydrogen (secondary N) is 1. The largest absolute Gasteiger partial charge is 0.379 e. The van der Waals surface area contributed by atoms with Crippen LogP contribution in [0.15, 0.2) is 65.2 Å². The van der Waals surface area contributed by atoms with Gasteiger partial charge in [-0.2, -0.15) is 5.26 Å². The number of carbonyl (C=O) groups excluding carboxylic acids is 2. The van der Waals surface area contributed by atoms with E-state index in [-0.39, 0.29) is 11.5 Å². The van der Waals surface area contributed by atoms with Crippen molar-refractivity contribution in [3.63, 3.8) is 0 Å². The predicted molar refractivity (Wildman–Crippen MR) is 123 cm³/mol. The molecular formula is C24H24N4O3S. The number of thioether (sulfide) groups is 1. The Balaban J connectivity index is 1.66. The number of anilines is 1. The van der Waals surface area contributed by atoms with Crippen LogP contribution in [0.5, 0.6) is 0 Å². The van der Waals surface area contributed by atoms with Gasteiger partial charge in [-0.3, -0.25) is 19.9 Å². The molecular weight excluding hydrogens is 424 g/mol. The van der Waals surface area contributed by atoms with Crippen molar-refractivity contribution in [2.24, 2.45) is 0 Å². The number of benzene rings is 2. The van der Waals surface area contributed by atoms with Gasteiger partial charge < -0.3 is 4.74 Å². The first-order chi connectivity index (χ1) is 15.6. The number of carbonyl (C=O) groups is 2. The number of nitriles is 1. The summed E-state index contributed by atoms with van der Waals surface area (Å²) in [6, 6.07) is 19.2. The van der Waals surface area contributed by atoms with Gasteiger partial charge in [-0.25, -0.2) is 5.01 Å². The van der Waals surface area contributed by atoms with Crippen molar-refractivity contribution in [3.8, 4) is 6.07 Å². The zero-order chi connectivity index (χ0) is 22.5. The van der Waals surface area contributed by atoms with E-state index >= 15 is 0 Å². The molecule has 0 saturated carbocycles. The van der Waals surface area contributed by atoms with E-state index in [1.165, 1.54) is 16.7 Å². The highest BCUT2D eigenvalue weighted by molar-refractivity contribution is 8.05.